The molecule has 0 spiro atoms. The van der Waals surface area contributed by atoms with Crippen molar-refractivity contribution >= 4 is 23.1 Å². The molecule has 0 unspecified atom stereocenters. The summed E-state index contributed by atoms with van der Waals surface area (Å²) in [5, 5.41) is 17.9. The summed E-state index contributed by atoms with van der Waals surface area (Å²) in [5.41, 5.74) is 0.546. The zero-order valence-corrected chi connectivity index (χ0v) is 18.6. The van der Waals surface area contributed by atoms with E-state index >= 15 is 0 Å². The van der Waals surface area contributed by atoms with E-state index in [0.29, 0.717) is 35.0 Å². The van der Waals surface area contributed by atoms with Gasteiger partial charge in [0.25, 0.3) is 5.91 Å². The Kier molecular flexibility index (Phi) is 4.81. The highest BCUT2D eigenvalue weighted by Gasteiger charge is 2.47. The number of carbonyl (C=O) groups is 1. The molecule has 2 aliphatic heterocycles. The van der Waals surface area contributed by atoms with Crippen molar-refractivity contribution in [3.8, 4) is 5.88 Å². The first-order valence-corrected chi connectivity index (χ1v) is 11.1. The van der Waals surface area contributed by atoms with E-state index in [9.17, 15) is 9.90 Å². The molecule has 1 fully saturated rings. The van der Waals surface area contributed by atoms with Gasteiger partial charge in [0.1, 0.15) is 11.2 Å². The molecule has 5 rings (SSSR count). The zero-order valence-electron chi connectivity index (χ0n) is 18.6. The third-order valence-electron chi connectivity index (χ3n) is 6.61. The Morgan fingerprint density at radius 3 is 2.81 bits per heavy atom. The van der Waals surface area contributed by atoms with Gasteiger partial charge in [-0.15, -0.1) is 0 Å². The molecule has 0 saturated carbocycles. The molecular weight excluding hydrogens is 408 g/mol. The monoisotopic (exact) mass is 436 g/mol. The van der Waals surface area contributed by atoms with Crippen LogP contribution in [0.25, 0.3) is 5.65 Å². The molecule has 3 aromatic heterocycles. The minimum Gasteiger partial charge on any atom is -0.468 e. The second-order valence-corrected chi connectivity index (χ2v) is 9.34. The van der Waals surface area contributed by atoms with Crippen LogP contribution in [0.1, 0.15) is 56.0 Å². The summed E-state index contributed by atoms with van der Waals surface area (Å²) in [5.74, 6) is 0.926. The summed E-state index contributed by atoms with van der Waals surface area (Å²) in [4.78, 5) is 24.5. The third-order valence-corrected chi connectivity index (χ3v) is 6.61. The molecule has 1 amide bonds. The van der Waals surface area contributed by atoms with Crippen molar-refractivity contribution in [2.75, 3.05) is 23.3 Å². The molecule has 5 heterocycles. The summed E-state index contributed by atoms with van der Waals surface area (Å²) in [6.07, 6.45) is 8.75. The third kappa shape index (κ3) is 3.46. The number of anilines is 2. The van der Waals surface area contributed by atoms with E-state index < -0.39 is 11.2 Å². The maximum absolute atomic E-state index is 13.2. The standard InChI is InChI=1S/C23H28N6O3/c1-22(2,31)23(3)13-15-12-17(19(27-21(15)32-23)28-9-5-4-6-10-28)26-20(30)16-14-25-29-11-7-8-24-18(16)29/h7-8,11-12,14,31H,4-6,9-10,13H2,1-3H3,(H,26,30)/t23-/m0/s1. The van der Waals surface area contributed by atoms with Crippen LogP contribution in [0.3, 0.4) is 0 Å². The minimum atomic E-state index is -1.05. The molecule has 0 aliphatic carbocycles. The van der Waals surface area contributed by atoms with Gasteiger partial charge in [-0.2, -0.15) is 10.1 Å². The van der Waals surface area contributed by atoms with Gasteiger partial charge in [-0.05, 0) is 52.2 Å². The average Bonchev–Trinajstić information content (AvgIpc) is 3.34. The quantitative estimate of drug-likeness (QED) is 0.648. The van der Waals surface area contributed by atoms with Crippen LogP contribution in [0.2, 0.25) is 0 Å². The number of piperidine rings is 1. The van der Waals surface area contributed by atoms with Crippen LogP contribution in [-0.2, 0) is 6.42 Å². The SMILES string of the molecule is CC(C)(O)[C@]1(C)Cc2cc(NC(=O)c3cnn4cccnc34)c(N3CCCCC3)nc2O1. The van der Waals surface area contributed by atoms with Crippen molar-refractivity contribution in [3.05, 3.63) is 41.9 Å². The maximum Gasteiger partial charge on any atom is 0.261 e. The fourth-order valence-electron chi connectivity index (χ4n) is 4.31. The van der Waals surface area contributed by atoms with Crippen molar-refractivity contribution in [2.45, 2.75) is 57.7 Å². The number of hydrogen-bond donors (Lipinski definition) is 2. The van der Waals surface area contributed by atoms with Crippen molar-refractivity contribution < 1.29 is 14.6 Å². The number of hydrogen-bond acceptors (Lipinski definition) is 7. The highest BCUT2D eigenvalue weighted by molar-refractivity contribution is 6.09. The average molecular weight is 437 g/mol. The molecule has 9 heteroatoms. The van der Waals surface area contributed by atoms with E-state index in [1.165, 1.54) is 12.6 Å². The summed E-state index contributed by atoms with van der Waals surface area (Å²) < 4.78 is 7.73. The first kappa shape index (κ1) is 20.7. The number of ether oxygens (including phenoxy) is 1. The molecule has 2 N–H and O–H groups in total. The topological polar surface area (TPSA) is 105 Å². The van der Waals surface area contributed by atoms with E-state index in [1.807, 2.05) is 13.0 Å². The van der Waals surface area contributed by atoms with Crippen LogP contribution in [0.5, 0.6) is 5.88 Å². The molecule has 32 heavy (non-hydrogen) atoms. The summed E-state index contributed by atoms with van der Waals surface area (Å²) in [6.45, 7) is 7.11. The Balaban J connectivity index is 1.52. The molecule has 1 saturated heterocycles. The fraction of sp³-hybridized carbons (Fsp3) is 0.478. The van der Waals surface area contributed by atoms with Crippen LogP contribution in [-0.4, -0.2) is 54.9 Å². The molecule has 1 atom stereocenters. The number of aliphatic hydroxyl groups is 1. The van der Waals surface area contributed by atoms with Crippen molar-refractivity contribution in [1.29, 1.82) is 0 Å². The lowest BCUT2D eigenvalue weighted by molar-refractivity contribution is -0.0914. The Morgan fingerprint density at radius 1 is 1.28 bits per heavy atom. The van der Waals surface area contributed by atoms with E-state index in [-0.39, 0.29) is 5.91 Å². The summed E-state index contributed by atoms with van der Waals surface area (Å²) in [7, 11) is 0. The van der Waals surface area contributed by atoms with Gasteiger partial charge in [0.05, 0.1) is 17.5 Å². The van der Waals surface area contributed by atoms with Gasteiger partial charge in [0.15, 0.2) is 11.5 Å². The normalized spacial score (nSPS) is 20.8. The first-order chi connectivity index (χ1) is 15.2. The highest BCUT2D eigenvalue weighted by Crippen LogP contribution is 2.43. The first-order valence-electron chi connectivity index (χ1n) is 11.1. The lowest BCUT2D eigenvalue weighted by Crippen LogP contribution is -2.51. The van der Waals surface area contributed by atoms with Gasteiger partial charge in [0, 0.05) is 37.5 Å². The van der Waals surface area contributed by atoms with Crippen LogP contribution in [0.4, 0.5) is 11.5 Å². The molecular formula is C23H28N6O3. The number of fused-ring (bicyclic) bond motifs is 2. The Bertz CT molecular complexity index is 1180. The molecule has 9 nitrogen and oxygen atoms in total. The minimum absolute atomic E-state index is 0.289. The fourth-order valence-corrected chi connectivity index (χ4v) is 4.31. The second-order valence-electron chi connectivity index (χ2n) is 9.34. The predicted octanol–water partition coefficient (Wildman–Crippen LogP) is 2.83. The number of carbonyl (C=O) groups excluding carboxylic acids is 1. The highest BCUT2D eigenvalue weighted by atomic mass is 16.5. The largest absolute Gasteiger partial charge is 0.468 e. The number of amides is 1. The molecule has 0 bridgehead atoms. The van der Waals surface area contributed by atoms with Gasteiger partial charge in [-0.25, -0.2) is 9.50 Å². The summed E-state index contributed by atoms with van der Waals surface area (Å²) >= 11 is 0. The lowest BCUT2D eigenvalue weighted by atomic mass is 9.84. The molecule has 0 aromatic carbocycles. The number of pyridine rings is 1. The number of rotatable bonds is 4. The van der Waals surface area contributed by atoms with Crippen molar-refractivity contribution in [2.24, 2.45) is 0 Å². The Labute approximate surface area is 186 Å². The van der Waals surface area contributed by atoms with E-state index in [2.05, 4.69) is 20.3 Å². The molecule has 168 valence electrons. The molecule has 0 radical (unpaired) electrons. The smallest absolute Gasteiger partial charge is 0.261 e. The van der Waals surface area contributed by atoms with Crippen LogP contribution < -0.4 is 15.0 Å². The number of nitrogens with one attached hydrogen (secondary N) is 1. The zero-order chi connectivity index (χ0) is 22.5. The van der Waals surface area contributed by atoms with Gasteiger partial charge >= 0.3 is 0 Å². The Hall–Kier alpha value is -3.20. The second kappa shape index (κ2) is 7.44. The molecule has 3 aromatic rings. The van der Waals surface area contributed by atoms with Crippen molar-refractivity contribution in [3.63, 3.8) is 0 Å². The summed E-state index contributed by atoms with van der Waals surface area (Å²) in [6, 6.07) is 3.69. The van der Waals surface area contributed by atoms with Gasteiger partial charge < -0.3 is 20.1 Å². The van der Waals surface area contributed by atoms with Crippen LogP contribution in [0.15, 0.2) is 30.7 Å². The lowest BCUT2D eigenvalue weighted by Gasteiger charge is -2.35. The van der Waals surface area contributed by atoms with Crippen LogP contribution >= 0.6 is 0 Å². The van der Waals surface area contributed by atoms with Gasteiger partial charge in [-0.1, -0.05) is 0 Å². The maximum atomic E-state index is 13.2. The van der Waals surface area contributed by atoms with E-state index in [1.54, 1.807) is 36.8 Å². The predicted molar refractivity (Wildman–Crippen MR) is 120 cm³/mol. The molecule has 2 aliphatic rings. The van der Waals surface area contributed by atoms with E-state index in [4.69, 9.17) is 9.72 Å². The van der Waals surface area contributed by atoms with Crippen LogP contribution in [0, 0.1) is 0 Å². The van der Waals surface area contributed by atoms with Gasteiger partial charge in [0.2, 0.25) is 5.88 Å². The van der Waals surface area contributed by atoms with E-state index in [0.717, 1.165) is 31.5 Å². The number of nitrogens with zero attached hydrogens (tertiary/aromatic N) is 5. The Morgan fingerprint density at radius 2 is 2.06 bits per heavy atom. The van der Waals surface area contributed by atoms with Gasteiger partial charge in [-0.3, -0.25) is 4.79 Å². The van der Waals surface area contributed by atoms with Crippen molar-refractivity contribution in [1.82, 2.24) is 19.6 Å². The number of aromatic nitrogens is 4.